The van der Waals surface area contributed by atoms with Gasteiger partial charge < -0.3 is 10.3 Å². The van der Waals surface area contributed by atoms with Gasteiger partial charge in [0, 0.05) is 17.3 Å². The molecule has 0 amide bonds. The predicted octanol–water partition coefficient (Wildman–Crippen LogP) is 4.07. The van der Waals surface area contributed by atoms with Crippen LogP contribution in [0, 0.1) is 13.8 Å². The smallest absolute Gasteiger partial charge is 0.195 e. The summed E-state index contributed by atoms with van der Waals surface area (Å²) in [5.74, 6) is 0.00303. The normalized spacial score (nSPS) is 17.8. The summed E-state index contributed by atoms with van der Waals surface area (Å²) in [6, 6.07) is 8.35. The molecule has 1 aliphatic rings. The Morgan fingerprint density at radius 1 is 1.24 bits per heavy atom. The van der Waals surface area contributed by atoms with Crippen LogP contribution in [0.3, 0.4) is 0 Å². The molecule has 25 heavy (non-hydrogen) atoms. The van der Waals surface area contributed by atoms with E-state index in [2.05, 4.69) is 34.6 Å². The van der Waals surface area contributed by atoms with Gasteiger partial charge in [-0.1, -0.05) is 24.3 Å². The van der Waals surface area contributed by atoms with Crippen LogP contribution in [0.4, 0.5) is 0 Å². The lowest BCUT2D eigenvalue weighted by Gasteiger charge is -2.28. The Labute approximate surface area is 149 Å². The standard InChI is InChI=1S/C21H26N2O2/c1-12-19(15(4)24)13(2)23-20(12)21(25)14(3)22-18-11-7-9-16-8-5-6-10-17(16)18/h5-6,8,10,14,18,22-23H,7,9,11H2,1-4H3/t14-,18-/m1/s1. The minimum Gasteiger partial charge on any atom is -0.355 e. The van der Waals surface area contributed by atoms with Crippen LogP contribution in [0.25, 0.3) is 0 Å². The number of benzene rings is 1. The molecule has 0 bridgehead atoms. The van der Waals surface area contributed by atoms with E-state index in [1.54, 1.807) is 0 Å². The topological polar surface area (TPSA) is 62.0 Å². The molecule has 0 spiro atoms. The van der Waals surface area contributed by atoms with Gasteiger partial charge in [-0.15, -0.1) is 0 Å². The van der Waals surface area contributed by atoms with Gasteiger partial charge in [0.25, 0.3) is 0 Å². The molecule has 0 radical (unpaired) electrons. The van der Waals surface area contributed by atoms with Gasteiger partial charge in [-0.3, -0.25) is 9.59 Å². The molecule has 4 heteroatoms. The number of nitrogens with one attached hydrogen (secondary N) is 2. The second kappa shape index (κ2) is 6.96. The summed E-state index contributed by atoms with van der Waals surface area (Å²) in [6.45, 7) is 7.13. The van der Waals surface area contributed by atoms with Crippen LogP contribution in [-0.2, 0) is 6.42 Å². The summed E-state index contributed by atoms with van der Waals surface area (Å²) in [4.78, 5) is 27.9. The van der Waals surface area contributed by atoms with Gasteiger partial charge in [0.15, 0.2) is 11.6 Å². The molecule has 3 rings (SSSR count). The number of Topliss-reactive ketones (excluding diaryl/α,β-unsaturated/α-hetero) is 2. The maximum atomic E-state index is 12.9. The molecule has 2 atom stereocenters. The van der Waals surface area contributed by atoms with Crippen molar-refractivity contribution in [2.24, 2.45) is 0 Å². The van der Waals surface area contributed by atoms with Crippen molar-refractivity contribution in [3.63, 3.8) is 0 Å². The minimum atomic E-state index is -0.312. The Kier molecular flexibility index (Phi) is 4.91. The molecule has 132 valence electrons. The Morgan fingerprint density at radius 3 is 2.64 bits per heavy atom. The van der Waals surface area contributed by atoms with Gasteiger partial charge in [-0.25, -0.2) is 0 Å². The fourth-order valence-electron chi connectivity index (χ4n) is 4.05. The maximum Gasteiger partial charge on any atom is 0.195 e. The number of carbonyl (C=O) groups excluding carboxylic acids is 2. The quantitative estimate of drug-likeness (QED) is 0.808. The van der Waals surface area contributed by atoms with Crippen LogP contribution >= 0.6 is 0 Å². The lowest BCUT2D eigenvalue weighted by molar-refractivity contribution is 0.0937. The number of carbonyl (C=O) groups is 2. The third-order valence-electron chi connectivity index (χ3n) is 5.25. The number of aromatic nitrogens is 1. The van der Waals surface area contributed by atoms with E-state index in [1.165, 1.54) is 18.1 Å². The zero-order chi connectivity index (χ0) is 18.1. The maximum absolute atomic E-state index is 12.9. The van der Waals surface area contributed by atoms with Gasteiger partial charge >= 0.3 is 0 Å². The Balaban J connectivity index is 1.81. The number of fused-ring (bicyclic) bond motifs is 1. The molecule has 0 aliphatic heterocycles. The van der Waals surface area contributed by atoms with Crippen molar-refractivity contribution in [2.75, 3.05) is 0 Å². The number of H-pyrrole nitrogens is 1. The fraction of sp³-hybridized carbons (Fsp3) is 0.429. The SMILES string of the molecule is CC(=O)c1c(C)[nH]c(C(=O)[C@@H](C)N[C@@H]2CCCc3ccccc32)c1C. The lowest BCUT2D eigenvalue weighted by atomic mass is 9.87. The number of hydrogen-bond donors (Lipinski definition) is 2. The molecule has 1 aromatic carbocycles. The summed E-state index contributed by atoms with van der Waals surface area (Å²) in [5, 5.41) is 3.50. The van der Waals surface area contributed by atoms with Crippen molar-refractivity contribution in [3.8, 4) is 0 Å². The van der Waals surface area contributed by atoms with Gasteiger partial charge in [0.05, 0.1) is 11.7 Å². The first-order chi connectivity index (χ1) is 11.9. The van der Waals surface area contributed by atoms with Crippen LogP contribution in [0.1, 0.15) is 76.0 Å². The van der Waals surface area contributed by atoms with Crippen molar-refractivity contribution in [1.82, 2.24) is 10.3 Å². The summed E-state index contributed by atoms with van der Waals surface area (Å²) in [6.07, 6.45) is 3.27. The van der Waals surface area contributed by atoms with E-state index in [9.17, 15) is 9.59 Å². The molecular formula is C21H26N2O2. The molecule has 0 fully saturated rings. The van der Waals surface area contributed by atoms with Crippen molar-refractivity contribution in [2.45, 2.75) is 59.0 Å². The molecule has 2 aromatic rings. The first-order valence-corrected chi connectivity index (χ1v) is 8.98. The van der Waals surface area contributed by atoms with Crippen molar-refractivity contribution < 1.29 is 9.59 Å². The Hall–Kier alpha value is -2.20. The van der Waals surface area contributed by atoms with Crippen LogP contribution in [-0.4, -0.2) is 22.6 Å². The third-order valence-corrected chi connectivity index (χ3v) is 5.25. The average Bonchev–Trinajstić information content (AvgIpc) is 2.89. The zero-order valence-corrected chi connectivity index (χ0v) is 15.4. The summed E-state index contributed by atoms with van der Waals surface area (Å²) in [7, 11) is 0. The van der Waals surface area contributed by atoms with E-state index < -0.39 is 0 Å². The second-order valence-corrected chi connectivity index (χ2v) is 7.08. The fourth-order valence-corrected chi connectivity index (χ4v) is 4.05. The van der Waals surface area contributed by atoms with E-state index in [1.807, 2.05) is 20.8 Å². The molecule has 4 nitrogen and oxygen atoms in total. The average molecular weight is 338 g/mol. The van der Waals surface area contributed by atoms with Gasteiger partial charge in [0.2, 0.25) is 0 Å². The summed E-state index contributed by atoms with van der Waals surface area (Å²) < 4.78 is 0. The first-order valence-electron chi connectivity index (χ1n) is 8.98. The largest absolute Gasteiger partial charge is 0.355 e. The monoisotopic (exact) mass is 338 g/mol. The minimum absolute atomic E-state index is 0.00730. The molecular weight excluding hydrogens is 312 g/mol. The highest BCUT2D eigenvalue weighted by molar-refractivity contribution is 6.05. The van der Waals surface area contributed by atoms with Crippen LogP contribution in [0.2, 0.25) is 0 Å². The molecule has 0 saturated carbocycles. The number of hydrogen-bond acceptors (Lipinski definition) is 3. The van der Waals surface area contributed by atoms with Gasteiger partial charge in [-0.05, 0) is 63.6 Å². The van der Waals surface area contributed by atoms with E-state index in [-0.39, 0.29) is 23.7 Å². The predicted molar refractivity (Wildman–Crippen MR) is 99.3 cm³/mol. The molecule has 0 saturated heterocycles. The number of ketones is 2. The zero-order valence-electron chi connectivity index (χ0n) is 15.4. The number of rotatable bonds is 5. The molecule has 1 heterocycles. The summed E-state index contributed by atoms with van der Waals surface area (Å²) >= 11 is 0. The second-order valence-electron chi connectivity index (χ2n) is 7.08. The Bertz CT molecular complexity index is 819. The highest BCUT2D eigenvalue weighted by atomic mass is 16.1. The third kappa shape index (κ3) is 3.31. The number of aryl methyl sites for hydroxylation is 2. The highest BCUT2D eigenvalue weighted by Crippen LogP contribution is 2.30. The highest BCUT2D eigenvalue weighted by Gasteiger charge is 2.27. The van der Waals surface area contributed by atoms with E-state index in [0.29, 0.717) is 11.3 Å². The van der Waals surface area contributed by atoms with Gasteiger partial charge in [0.1, 0.15) is 0 Å². The van der Waals surface area contributed by atoms with E-state index in [0.717, 1.165) is 30.5 Å². The van der Waals surface area contributed by atoms with Crippen molar-refractivity contribution in [3.05, 3.63) is 57.9 Å². The summed E-state index contributed by atoms with van der Waals surface area (Å²) in [5.41, 5.74) is 5.38. The number of aromatic amines is 1. The van der Waals surface area contributed by atoms with Crippen molar-refractivity contribution in [1.29, 1.82) is 0 Å². The molecule has 1 aromatic heterocycles. The van der Waals surface area contributed by atoms with Crippen LogP contribution in [0.15, 0.2) is 24.3 Å². The molecule has 1 aliphatic carbocycles. The molecule has 0 unspecified atom stereocenters. The molecule has 2 N–H and O–H groups in total. The Morgan fingerprint density at radius 2 is 1.96 bits per heavy atom. The van der Waals surface area contributed by atoms with Crippen LogP contribution in [0.5, 0.6) is 0 Å². The van der Waals surface area contributed by atoms with E-state index >= 15 is 0 Å². The van der Waals surface area contributed by atoms with Gasteiger partial charge in [-0.2, -0.15) is 0 Å². The van der Waals surface area contributed by atoms with Crippen LogP contribution < -0.4 is 5.32 Å². The van der Waals surface area contributed by atoms with E-state index in [4.69, 9.17) is 0 Å². The van der Waals surface area contributed by atoms with Crippen molar-refractivity contribution >= 4 is 11.6 Å². The first kappa shape index (κ1) is 17.6. The lowest BCUT2D eigenvalue weighted by Crippen LogP contribution is -2.38.